The predicted molar refractivity (Wildman–Crippen MR) is 77.4 cm³/mol. The summed E-state index contributed by atoms with van der Waals surface area (Å²) in [5.41, 5.74) is 3.15. The van der Waals surface area contributed by atoms with E-state index in [0.29, 0.717) is 17.2 Å². The van der Waals surface area contributed by atoms with Gasteiger partial charge in [-0.3, -0.25) is 4.40 Å². The molecule has 0 saturated carbocycles. The number of methoxy groups -OCH3 is 1. The quantitative estimate of drug-likeness (QED) is 0.679. The molecule has 0 saturated heterocycles. The van der Waals surface area contributed by atoms with Crippen LogP contribution in [-0.2, 0) is 0 Å². The third-order valence-corrected chi connectivity index (χ3v) is 3.28. The molecular formula is C15H13N3O2. The number of nitrogens with zero attached hydrogens (tertiary/aromatic N) is 3. The molecule has 3 aromatic rings. The molecule has 0 amide bonds. The van der Waals surface area contributed by atoms with Gasteiger partial charge in [0, 0.05) is 11.8 Å². The average molecular weight is 267 g/mol. The van der Waals surface area contributed by atoms with Crippen LogP contribution in [0.4, 0.5) is 5.82 Å². The normalized spacial score (nSPS) is 10.7. The van der Waals surface area contributed by atoms with E-state index in [0.717, 1.165) is 16.9 Å². The number of nitroso groups, excluding NO2 is 1. The van der Waals surface area contributed by atoms with Crippen LogP contribution in [0.25, 0.3) is 16.9 Å². The van der Waals surface area contributed by atoms with Gasteiger partial charge < -0.3 is 4.74 Å². The van der Waals surface area contributed by atoms with Crippen molar-refractivity contribution in [3.63, 3.8) is 0 Å². The molecule has 5 nitrogen and oxygen atoms in total. The SMILES string of the molecule is COc1ccc(-c2nc3ccccn3c2N=O)c(C)c1. The lowest BCUT2D eigenvalue weighted by Crippen LogP contribution is -1.88. The van der Waals surface area contributed by atoms with Crippen molar-refractivity contribution >= 4 is 11.5 Å². The number of hydrogen-bond donors (Lipinski definition) is 0. The molecule has 0 fully saturated rings. The number of hydrogen-bond acceptors (Lipinski definition) is 4. The Morgan fingerprint density at radius 3 is 2.80 bits per heavy atom. The maximum atomic E-state index is 11.2. The van der Waals surface area contributed by atoms with E-state index in [9.17, 15) is 4.91 Å². The number of fused-ring (bicyclic) bond motifs is 1. The van der Waals surface area contributed by atoms with E-state index in [1.54, 1.807) is 17.7 Å². The zero-order valence-corrected chi connectivity index (χ0v) is 11.2. The van der Waals surface area contributed by atoms with Crippen molar-refractivity contribution in [2.45, 2.75) is 6.92 Å². The summed E-state index contributed by atoms with van der Waals surface area (Å²) in [6.45, 7) is 1.95. The van der Waals surface area contributed by atoms with Crippen molar-refractivity contribution in [3.8, 4) is 17.0 Å². The first-order valence-electron chi connectivity index (χ1n) is 6.20. The second-order valence-corrected chi connectivity index (χ2v) is 4.48. The number of rotatable bonds is 3. The first-order chi connectivity index (χ1) is 9.74. The van der Waals surface area contributed by atoms with Gasteiger partial charge in [0.2, 0.25) is 5.82 Å². The number of benzene rings is 1. The van der Waals surface area contributed by atoms with E-state index >= 15 is 0 Å². The molecular weight excluding hydrogens is 254 g/mol. The monoisotopic (exact) mass is 267 g/mol. The van der Waals surface area contributed by atoms with Gasteiger partial charge in [0.25, 0.3) is 0 Å². The zero-order chi connectivity index (χ0) is 14.1. The Balaban J connectivity index is 2.26. The summed E-state index contributed by atoms with van der Waals surface area (Å²) in [5, 5.41) is 3.14. The summed E-state index contributed by atoms with van der Waals surface area (Å²) in [5.74, 6) is 1.09. The molecule has 2 heterocycles. The molecule has 0 atom stereocenters. The van der Waals surface area contributed by atoms with Gasteiger partial charge in [-0.05, 0) is 48.0 Å². The van der Waals surface area contributed by atoms with Crippen molar-refractivity contribution in [2.24, 2.45) is 5.18 Å². The van der Waals surface area contributed by atoms with Crippen molar-refractivity contribution in [3.05, 3.63) is 53.1 Å². The van der Waals surface area contributed by atoms with Gasteiger partial charge in [0.15, 0.2) is 0 Å². The topological polar surface area (TPSA) is 56.0 Å². The second-order valence-electron chi connectivity index (χ2n) is 4.48. The average Bonchev–Trinajstić information content (AvgIpc) is 2.85. The Morgan fingerprint density at radius 2 is 2.10 bits per heavy atom. The Kier molecular flexibility index (Phi) is 2.95. The lowest BCUT2D eigenvalue weighted by Gasteiger charge is -2.06. The van der Waals surface area contributed by atoms with E-state index in [2.05, 4.69) is 10.2 Å². The minimum atomic E-state index is 0.314. The molecule has 100 valence electrons. The van der Waals surface area contributed by atoms with E-state index in [1.807, 2.05) is 43.3 Å². The molecule has 0 aliphatic heterocycles. The van der Waals surface area contributed by atoms with Gasteiger partial charge in [0.1, 0.15) is 17.1 Å². The molecule has 20 heavy (non-hydrogen) atoms. The maximum Gasteiger partial charge on any atom is 0.209 e. The minimum absolute atomic E-state index is 0.314. The zero-order valence-electron chi connectivity index (χ0n) is 11.2. The number of aryl methyl sites for hydroxylation is 1. The van der Waals surface area contributed by atoms with E-state index in [1.165, 1.54) is 0 Å². The van der Waals surface area contributed by atoms with Crippen LogP contribution in [0.2, 0.25) is 0 Å². The van der Waals surface area contributed by atoms with Gasteiger partial charge in [0.05, 0.1) is 7.11 Å². The molecule has 0 aliphatic rings. The second kappa shape index (κ2) is 4.77. The summed E-state index contributed by atoms with van der Waals surface area (Å²) in [6.07, 6.45) is 1.78. The molecule has 0 aliphatic carbocycles. The van der Waals surface area contributed by atoms with Gasteiger partial charge in [-0.1, -0.05) is 6.07 Å². The Labute approximate surface area is 115 Å². The van der Waals surface area contributed by atoms with Crippen molar-refractivity contribution in [2.75, 3.05) is 7.11 Å². The highest BCUT2D eigenvalue weighted by Crippen LogP contribution is 2.34. The van der Waals surface area contributed by atoms with Crippen LogP contribution in [0.5, 0.6) is 5.75 Å². The number of imidazole rings is 1. The summed E-state index contributed by atoms with van der Waals surface area (Å²) < 4.78 is 6.88. The fourth-order valence-electron chi connectivity index (χ4n) is 2.28. The third-order valence-electron chi connectivity index (χ3n) is 3.28. The van der Waals surface area contributed by atoms with E-state index < -0.39 is 0 Å². The predicted octanol–water partition coefficient (Wildman–Crippen LogP) is 3.72. The van der Waals surface area contributed by atoms with Crippen LogP contribution in [0, 0.1) is 11.8 Å². The molecule has 0 spiro atoms. The summed E-state index contributed by atoms with van der Waals surface area (Å²) in [6, 6.07) is 11.2. The van der Waals surface area contributed by atoms with E-state index in [-0.39, 0.29) is 0 Å². The molecule has 0 bridgehead atoms. The highest BCUT2D eigenvalue weighted by Gasteiger charge is 2.16. The largest absolute Gasteiger partial charge is 0.497 e. The fourth-order valence-corrected chi connectivity index (χ4v) is 2.28. The number of aromatic nitrogens is 2. The molecule has 5 heteroatoms. The standard InChI is InChI=1S/C15H13N3O2/c1-10-9-11(20-2)6-7-12(10)14-15(17-19)18-8-4-3-5-13(18)16-14/h3-9H,1-2H3. The number of ether oxygens (including phenoxy) is 1. The van der Waals surface area contributed by atoms with Crippen LogP contribution >= 0.6 is 0 Å². The lowest BCUT2D eigenvalue weighted by atomic mass is 10.1. The van der Waals surface area contributed by atoms with Crippen LogP contribution in [0.3, 0.4) is 0 Å². The van der Waals surface area contributed by atoms with Gasteiger partial charge in [-0.15, -0.1) is 4.91 Å². The third kappa shape index (κ3) is 1.84. The number of pyridine rings is 1. The first-order valence-corrected chi connectivity index (χ1v) is 6.20. The van der Waals surface area contributed by atoms with E-state index in [4.69, 9.17) is 4.74 Å². The highest BCUT2D eigenvalue weighted by atomic mass is 16.5. The molecule has 0 N–H and O–H groups in total. The van der Waals surface area contributed by atoms with Crippen molar-refractivity contribution < 1.29 is 4.74 Å². The van der Waals surface area contributed by atoms with Crippen molar-refractivity contribution in [1.29, 1.82) is 0 Å². The molecule has 2 aromatic heterocycles. The fraction of sp³-hybridized carbons (Fsp3) is 0.133. The van der Waals surface area contributed by atoms with Crippen LogP contribution in [0.15, 0.2) is 47.8 Å². The molecule has 1 aromatic carbocycles. The Morgan fingerprint density at radius 1 is 1.25 bits per heavy atom. The maximum absolute atomic E-state index is 11.2. The lowest BCUT2D eigenvalue weighted by molar-refractivity contribution is 0.414. The Bertz CT molecular complexity index is 793. The summed E-state index contributed by atoms with van der Waals surface area (Å²) in [4.78, 5) is 15.7. The minimum Gasteiger partial charge on any atom is -0.497 e. The van der Waals surface area contributed by atoms with Crippen LogP contribution in [0.1, 0.15) is 5.56 Å². The highest BCUT2D eigenvalue weighted by molar-refractivity contribution is 5.77. The molecule has 0 unspecified atom stereocenters. The summed E-state index contributed by atoms with van der Waals surface area (Å²) >= 11 is 0. The van der Waals surface area contributed by atoms with Crippen LogP contribution < -0.4 is 4.74 Å². The van der Waals surface area contributed by atoms with Gasteiger partial charge in [-0.2, -0.15) is 0 Å². The molecule has 3 rings (SSSR count). The smallest absolute Gasteiger partial charge is 0.209 e. The van der Waals surface area contributed by atoms with Crippen molar-refractivity contribution in [1.82, 2.24) is 9.38 Å². The van der Waals surface area contributed by atoms with Crippen LogP contribution in [-0.4, -0.2) is 16.5 Å². The Hall–Kier alpha value is -2.69. The first kappa shape index (κ1) is 12.3. The molecule has 0 radical (unpaired) electrons. The summed E-state index contributed by atoms with van der Waals surface area (Å²) in [7, 11) is 1.62. The van der Waals surface area contributed by atoms with Gasteiger partial charge in [-0.25, -0.2) is 4.98 Å². The van der Waals surface area contributed by atoms with Gasteiger partial charge >= 0.3 is 0 Å².